The number of hydrogen-bond donors (Lipinski definition) is 2. The summed E-state index contributed by atoms with van der Waals surface area (Å²) in [5, 5.41) is 5.37. The molecule has 30 heavy (non-hydrogen) atoms. The van der Waals surface area contributed by atoms with E-state index in [9.17, 15) is 22.8 Å². The molecule has 7 nitrogen and oxygen atoms in total. The average molecular weight is 422 g/mol. The van der Waals surface area contributed by atoms with Crippen LogP contribution < -0.4 is 20.3 Å². The van der Waals surface area contributed by atoms with Gasteiger partial charge in [0, 0.05) is 24.5 Å². The molecule has 0 bridgehead atoms. The van der Waals surface area contributed by atoms with Gasteiger partial charge in [-0.25, -0.2) is 4.79 Å². The number of alkyl halides is 3. The zero-order valence-electron chi connectivity index (χ0n) is 16.4. The van der Waals surface area contributed by atoms with Gasteiger partial charge < -0.3 is 20.3 Å². The molecule has 10 heteroatoms. The Labute approximate surface area is 171 Å². The number of aryl methyl sites for hydroxylation is 2. The lowest BCUT2D eigenvalue weighted by atomic mass is 10.1. The lowest BCUT2D eigenvalue weighted by Crippen LogP contribution is -2.43. The fourth-order valence-electron chi connectivity index (χ4n) is 3.28. The minimum absolute atomic E-state index is 0.255. The maximum absolute atomic E-state index is 12.7. The van der Waals surface area contributed by atoms with Crippen molar-refractivity contribution in [2.45, 2.75) is 39.1 Å². The fourth-order valence-corrected chi connectivity index (χ4v) is 3.28. The summed E-state index contributed by atoms with van der Waals surface area (Å²) in [6.07, 6.45) is -2.21. The molecule has 2 N–H and O–H groups in total. The molecule has 1 aliphatic heterocycles. The molecule has 2 aromatic rings. The summed E-state index contributed by atoms with van der Waals surface area (Å²) in [4.78, 5) is 30.7. The van der Waals surface area contributed by atoms with Gasteiger partial charge in [0.25, 0.3) is 0 Å². The van der Waals surface area contributed by atoms with Crippen molar-refractivity contribution >= 4 is 23.3 Å². The van der Waals surface area contributed by atoms with Crippen molar-refractivity contribution in [1.82, 2.24) is 10.3 Å². The van der Waals surface area contributed by atoms with Crippen molar-refractivity contribution in [2.75, 3.05) is 16.8 Å². The molecule has 1 aromatic heterocycles. The maximum atomic E-state index is 12.7. The Morgan fingerprint density at radius 1 is 1.33 bits per heavy atom. The number of hydrogen-bond acceptors (Lipinski definition) is 4. The Hall–Kier alpha value is -3.30. The third-order valence-corrected chi connectivity index (χ3v) is 4.68. The zero-order chi connectivity index (χ0) is 21.9. The van der Waals surface area contributed by atoms with E-state index in [2.05, 4.69) is 20.4 Å². The number of nitrogens with zero attached hydrogens (tertiary/aromatic N) is 2. The molecule has 0 spiro atoms. The van der Waals surface area contributed by atoms with Gasteiger partial charge in [0.15, 0.2) is 0 Å². The second-order valence-electron chi connectivity index (χ2n) is 6.78. The maximum Gasteiger partial charge on any atom is 0.573 e. The molecule has 160 valence electrons. The number of benzene rings is 1. The zero-order valence-corrected chi connectivity index (χ0v) is 16.4. The van der Waals surface area contributed by atoms with Gasteiger partial charge in [0.2, 0.25) is 5.91 Å². The van der Waals surface area contributed by atoms with E-state index in [1.54, 1.807) is 12.3 Å². The molecule has 1 atom stereocenters. The quantitative estimate of drug-likeness (QED) is 0.768. The minimum Gasteiger partial charge on any atom is -0.406 e. The molecular weight excluding hydrogens is 401 g/mol. The number of carbonyl (C=O) groups excluding carboxylic acids is 2. The average Bonchev–Trinajstić information content (AvgIpc) is 3.02. The van der Waals surface area contributed by atoms with Crippen molar-refractivity contribution in [3.05, 3.63) is 47.8 Å². The SMILES string of the molecule is CCc1nccc(C)c1NC(=O)NC1CCN(c2cccc(OC(F)(F)F)c2)C1=O. The van der Waals surface area contributed by atoms with Gasteiger partial charge in [-0.3, -0.25) is 9.78 Å². The second-order valence-corrected chi connectivity index (χ2v) is 6.78. The molecule has 0 aliphatic carbocycles. The predicted octanol–water partition coefficient (Wildman–Crippen LogP) is 3.78. The Bertz CT molecular complexity index is 949. The summed E-state index contributed by atoms with van der Waals surface area (Å²) in [5.74, 6) is -0.825. The first-order valence-electron chi connectivity index (χ1n) is 9.37. The molecule has 2 heterocycles. The lowest BCUT2D eigenvalue weighted by molar-refractivity contribution is -0.274. The number of urea groups is 1. The Morgan fingerprint density at radius 2 is 2.10 bits per heavy atom. The van der Waals surface area contributed by atoms with E-state index in [0.29, 0.717) is 18.5 Å². The Balaban J connectivity index is 1.66. The summed E-state index contributed by atoms with van der Waals surface area (Å²) in [6.45, 7) is 4.01. The summed E-state index contributed by atoms with van der Waals surface area (Å²) in [5.41, 5.74) is 2.43. The number of halogens is 3. The molecule has 0 saturated carbocycles. The number of carbonyl (C=O) groups is 2. The van der Waals surface area contributed by atoms with Gasteiger partial charge in [-0.05, 0) is 43.5 Å². The van der Waals surface area contributed by atoms with Gasteiger partial charge in [0.05, 0.1) is 11.4 Å². The number of rotatable bonds is 5. The van der Waals surface area contributed by atoms with Gasteiger partial charge in [-0.2, -0.15) is 0 Å². The molecule has 1 aliphatic rings. The smallest absolute Gasteiger partial charge is 0.406 e. The van der Waals surface area contributed by atoms with E-state index >= 15 is 0 Å². The molecule has 1 aromatic carbocycles. The van der Waals surface area contributed by atoms with Crippen LogP contribution in [0.1, 0.15) is 24.6 Å². The van der Waals surface area contributed by atoms with Crippen LogP contribution in [0.15, 0.2) is 36.5 Å². The number of aromatic nitrogens is 1. The highest BCUT2D eigenvalue weighted by Crippen LogP contribution is 2.29. The third-order valence-electron chi connectivity index (χ3n) is 4.68. The van der Waals surface area contributed by atoms with Gasteiger partial charge in [0.1, 0.15) is 11.8 Å². The fraction of sp³-hybridized carbons (Fsp3) is 0.350. The van der Waals surface area contributed by atoms with Crippen LogP contribution >= 0.6 is 0 Å². The molecule has 1 unspecified atom stereocenters. The first kappa shape index (κ1) is 21.4. The number of pyridine rings is 1. The molecule has 1 saturated heterocycles. The Kier molecular flexibility index (Phi) is 6.14. The molecule has 3 rings (SSSR count). The summed E-state index contributed by atoms with van der Waals surface area (Å²) < 4.78 is 41.2. The van der Waals surface area contributed by atoms with Crippen molar-refractivity contribution < 1.29 is 27.5 Å². The van der Waals surface area contributed by atoms with Gasteiger partial charge in [-0.1, -0.05) is 13.0 Å². The van der Waals surface area contributed by atoms with E-state index in [4.69, 9.17) is 0 Å². The van der Waals surface area contributed by atoms with Crippen LogP contribution in [0.4, 0.5) is 29.3 Å². The predicted molar refractivity (Wildman–Crippen MR) is 104 cm³/mol. The van der Waals surface area contributed by atoms with E-state index in [0.717, 1.165) is 23.4 Å². The van der Waals surface area contributed by atoms with Crippen molar-refractivity contribution in [3.8, 4) is 5.75 Å². The minimum atomic E-state index is -4.82. The second kappa shape index (κ2) is 8.60. The van der Waals surface area contributed by atoms with Crippen LogP contribution in [0.3, 0.4) is 0 Å². The highest BCUT2D eigenvalue weighted by atomic mass is 19.4. The summed E-state index contributed by atoms with van der Waals surface area (Å²) in [7, 11) is 0. The highest BCUT2D eigenvalue weighted by molar-refractivity contribution is 6.02. The van der Waals surface area contributed by atoms with Crippen molar-refractivity contribution in [1.29, 1.82) is 0 Å². The van der Waals surface area contributed by atoms with Crippen LogP contribution in [-0.4, -0.2) is 35.9 Å². The number of nitrogens with one attached hydrogen (secondary N) is 2. The topological polar surface area (TPSA) is 83.6 Å². The highest BCUT2D eigenvalue weighted by Gasteiger charge is 2.35. The molecule has 1 fully saturated rings. The largest absolute Gasteiger partial charge is 0.573 e. The Morgan fingerprint density at radius 3 is 2.80 bits per heavy atom. The van der Waals surface area contributed by atoms with Crippen LogP contribution in [-0.2, 0) is 11.2 Å². The summed E-state index contributed by atoms with van der Waals surface area (Å²) in [6, 6.07) is 5.61. The first-order valence-corrected chi connectivity index (χ1v) is 9.37. The standard InChI is InChI=1S/C20H21F3N4O3/c1-3-15-17(12(2)7-9-24-15)26-19(29)25-16-8-10-27(18(16)28)13-5-4-6-14(11-13)30-20(21,22)23/h4-7,9,11,16H,3,8,10H2,1-2H3,(H2,25,26,29). The van der Waals surface area contributed by atoms with E-state index in [1.807, 2.05) is 13.8 Å². The molecule has 3 amide bonds. The van der Waals surface area contributed by atoms with E-state index in [1.165, 1.54) is 17.0 Å². The van der Waals surface area contributed by atoms with Crippen LogP contribution in [0.25, 0.3) is 0 Å². The third kappa shape index (κ3) is 5.00. The van der Waals surface area contributed by atoms with E-state index < -0.39 is 30.1 Å². The van der Waals surface area contributed by atoms with Gasteiger partial charge in [-0.15, -0.1) is 13.2 Å². The lowest BCUT2D eigenvalue weighted by Gasteiger charge is -2.19. The number of ether oxygens (including phenoxy) is 1. The normalized spacial score (nSPS) is 16.5. The van der Waals surface area contributed by atoms with Crippen molar-refractivity contribution in [2.24, 2.45) is 0 Å². The number of amides is 3. The first-order chi connectivity index (χ1) is 14.2. The van der Waals surface area contributed by atoms with Crippen LogP contribution in [0, 0.1) is 6.92 Å². The van der Waals surface area contributed by atoms with Crippen molar-refractivity contribution in [3.63, 3.8) is 0 Å². The molecular formula is C20H21F3N4O3. The summed E-state index contributed by atoms with van der Waals surface area (Å²) >= 11 is 0. The van der Waals surface area contributed by atoms with Gasteiger partial charge >= 0.3 is 12.4 Å². The van der Waals surface area contributed by atoms with Crippen LogP contribution in [0.5, 0.6) is 5.75 Å². The van der Waals surface area contributed by atoms with Crippen LogP contribution in [0.2, 0.25) is 0 Å². The number of anilines is 2. The molecule has 0 radical (unpaired) electrons. The monoisotopic (exact) mass is 422 g/mol. The van der Waals surface area contributed by atoms with E-state index in [-0.39, 0.29) is 12.2 Å².